The van der Waals surface area contributed by atoms with Crippen LogP contribution in [0.1, 0.15) is 29.3 Å². The number of carbonyl (C=O) groups excluding carboxylic acids is 2. The molecule has 0 heterocycles. The van der Waals surface area contributed by atoms with E-state index in [0.717, 1.165) is 5.56 Å². The summed E-state index contributed by atoms with van der Waals surface area (Å²) in [7, 11) is 0. The minimum Gasteiger partial charge on any atom is -0.466 e. The molecule has 0 radical (unpaired) electrons. The van der Waals surface area contributed by atoms with E-state index in [1.54, 1.807) is 43.3 Å². The molecule has 0 aliphatic rings. The molecule has 0 aliphatic heterocycles. The molecule has 0 atom stereocenters. The highest BCUT2D eigenvalue weighted by Gasteiger charge is 2.18. The molecule has 0 fully saturated rings. The fraction of sp³-hybridized carbons (Fsp3) is 0.263. The van der Waals surface area contributed by atoms with Crippen molar-refractivity contribution in [3.63, 3.8) is 0 Å². The van der Waals surface area contributed by atoms with Crippen molar-refractivity contribution < 1.29 is 18.7 Å². The summed E-state index contributed by atoms with van der Waals surface area (Å²) in [6, 6.07) is 12.5. The first-order valence-electron chi connectivity index (χ1n) is 7.94. The van der Waals surface area contributed by atoms with E-state index in [1.807, 2.05) is 0 Å². The Morgan fingerprint density at radius 3 is 2.52 bits per heavy atom. The molecule has 0 aromatic heterocycles. The number of nitrogens with zero attached hydrogens (tertiary/aromatic N) is 1. The Labute approximate surface area is 151 Å². The Hall–Kier alpha value is -2.40. The van der Waals surface area contributed by atoms with Crippen LogP contribution in [0.25, 0.3) is 0 Å². The summed E-state index contributed by atoms with van der Waals surface area (Å²) >= 11 is 5.95. The highest BCUT2D eigenvalue weighted by molar-refractivity contribution is 6.30. The lowest BCUT2D eigenvalue weighted by atomic mass is 10.1. The van der Waals surface area contributed by atoms with E-state index in [-0.39, 0.29) is 37.2 Å². The third kappa shape index (κ3) is 5.87. The number of esters is 1. The molecular weight excluding hydrogens is 345 g/mol. The van der Waals surface area contributed by atoms with E-state index >= 15 is 0 Å². The van der Waals surface area contributed by atoms with Crippen LogP contribution in [0.15, 0.2) is 48.5 Å². The maximum atomic E-state index is 13.1. The summed E-state index contributed by atoms with van der Waals surface area (Å²) in [5.41, 5.74) is 1.19. The number of ether oxygens (including phenoxy) is 1. The van der Waals surface area contributed by atoms with Crippen LogP contribution >= 0.6 is 11.6 Å². The van der Waals surface area contributed by atoms with Gasteiger partial charge in [0.15, 0.2) is 0 Å². The largest absolute Gasteiger partial charge is 0.466 e. The number of amides is 1. The Morgan fingerprint density at radius 2 is 1.88 bits per heavy atom. The van der Waals surface area contributed by atoms with E-state index in [2.05, 4.69) is 0 Å². The molecule has 2 aromatic rings. The number of rotatable bonds is 7. The minimum atomic E-state index is -0.370. The van der Waals surface area contributed by atoms with Crippen molar-refractivity contribution in [1.29, 1.82) is 0 Å². The number of halogens is 2. The molecule has 0 unspecified atom stereocenters. The van der Waals surface area contributed by atoms with Gasteiger partial charge in [0.25, 0.3) is 5.91 Å². The van der Waals surface area contributed by atoms with Gasteiger partial charge in [-0.2, -0.15) is 0 Å². The molecule has 25 heavy (non-hydrogen) atoms. The maximum absolute atomic E-state index is 13.1. The Bertz CT molecular complexity index is 734. The van der Waals surface area contributed by atoms with Gasteiger partial charge in [-0.15, -0.1) is 0 Å². The summed E-state index contributed by atoms with van der Waals surface area (Å²) in [5.74, 6) is -0.968. The van der Waals surface area contributed by atoms with Gasteiger partial charge in [-0.1, -0.05) is 29.8 Å². The van der Waals surface area contributed by atoms with Crippen LogP contribution in [-0.2, 0) is 16.1 Å². The first-order chi connectivity index (χ1) is 12.0. The van der Waals surface area contributed by atoms with Crippen molar-refractivity contribution >= 4 is 23.5 Å². The van der Waals surface area contributed by atoms with Gasteiger partial charge in [-0.25, -0.2) is 4.39 Å². The number of benzene rings is 2. The molecule has 2 aromatic carbocycles. The van der Waals surface area contributed by atoms with Crippen LogP contribution in [0.5, 0.6) is 0 Å². The SMILES string of the molecule is CCOC(=O)CCN(Cc1ccc(F)cc1)C(=O)c1cccc(Cl)c1. The van der Waals surface area contributed by atoms with Gasteiger partial charge in [0, 0.05) is 23.7 Å². The molecule has 0 saturated heterocycles. The van der Waals surface area contributed by atoms with Gasteiger partial charge in [0.05, 0.1) is 13.0 Å². The molecule has 0 aliphatic carbocycles. The lowest BCUT2D eigenvalue weighted by molar-refractivity contribution is -0.143. The van der Waals surface area contributed by atoms with Crippen molar-refractivity contribution in [1.82, 2.24) is 4.90 Å². The van der Waals surface area contributed by atoms with E-state index in [9.17, 15) is 14.0 Å². The van der Waals surface area contributed by atoms with Gasteiger partial charge in [0.2, 0.25) is 0 Å². The molecular formula is C19H19ClFNO3. The third-order valence-electron chi connectivity index (χ3n) is 3.54. The van der Waals surface area contributed by atoms with Crippen LogP contribution in [0.2, 0.25) is 5.02 Å². The summed E-state index contributed by atoms with van der Waals surface area (Å²) < 4.78 is 18.0. The second-order valence-corrected chi connectivity index (χ2v) is 5.85. The summed E-state index contributed by atoms with van der Waals surface area (Å²) in [5, 5.41) is 0.456. The van der Waals surface area contributed by atoms with Crippen LogP contribution in [0.4, 0.5) is 4.39 Å². The predicted molar refractivity (Wildman–Crippen MR) is 93.8 cm³/mol. The lowest BCUT2D eigenvalue weighted by Gasteiger charge is -2.23. The minimum absolute atomic E-state index is 0.0847. The zero-order chi connectivity index (χ0) is 18.2. The summed E-state index contributed by atoms with van der Waals surface area (Å²) in [6.07, 6.45) is 0.0847. The Kier molecular flexibility index (Phi) is 6.95. The smallest absolute Gasteiger partial charge is 0.307 e. The van der Waals surface area contributed by atoms with Gasteiger partial charge in [-0.05, 0) is 42.8 Å². The van der Waals surface area contributed by atoms with Crippen molar-refractivity contribution in [2.45, 2.75) is 19.9 Å². The van der Waals surface area contributed by atoms with Gasteiger partial charge in [-0.3, -0.25) is 9.59 Å². The second-order valence-electron chi connectivity index (χ2n) is 5.42. The third-order valence-corrected chi connectivity index (χ3v) is 3.77. The van der Waals surface area contributed by atoms with Crippen LogP contribution in [-0.4, -0.2) is 29.9 Å². The quantitative estimate of drug-likeness (QED) is 0.696. The van der Waals surface area contributed by atoms with Crippen molar-refractivity contribution in [3.05, 3.63) is 70.5 Å². The van der Waals surface area contributed by atoms with Gasteiger partial charge in [0.1, 0.15) is 5.82 Å². The average Bonchev–Trinajstić information content (AvgIpc) is 2.60. The number of hydrogen-bond donors (Lipinski definition) is 0. The zero-order valence-electron chi connectivity index (χ0n) is 13.9. The zero-order valence-corrected chi connectivity index (χ0v) is 14.6. The molecule has 1 amide bonds. The maximum Gasteiger partial charge on any atom is 0.307 e. The lowest BCUT2D eigenvalue weighted by Crippen LogP contribution is -2.33. The number of hydrogen-bond acceptors (Lipinski definition) is 3. The average molecular weight is 364 g/mol. The van der Waals surface area contributed by atoms with E-state index in [1.165, 1.54) is 17.0 Å². The molecule has 6 heteroatoms. The number of carbonyl (C=O) groups is 2. The highest BCUT2D eigenvalue weighted by atomic mass is 35.5. The molecule has 0 N–H and O–H groups in total. The van der Waals surface area contributed by atoms with Crippen molar-refractivity contribution in [2.75, 3.05) is 13.2 Å². The standard InChI is InChI=1S/C19H19ClFNO3/c1-2-25-18(23)10-11-22(13-14-6-8-17(21)9-7-14)19(24)15-4-3-5-16(20)12-15/h3-9,12H,2,10-11,13H2,1H3. The molecule has 0 bridgehead atoms. The van der Waals surface area contributed by atoms with Gasteiger partial charge >= 0.3 is 5.97 Å². The predicted octanol–water partition coefficient (Wildman–Crippen LogP) is 4.07. The van der Waals surface area contributed by atoms with E-state index in [0.29, 0.717) is 17.2 Å². The van der Waals surface area contributed by atoms with Crippen LogP contribution in [0, 0.1) is 5.82 Å². The van der Waals surface area contributed by atoms with E-state index in [4.69, 9.17) is 16.3 Å². The Balaban J connectivity index is 2.16. The van der Waals surface area contributed by atoms with E-state index < -0.39 is 0 Å². The van der Waals surface area contributed by atoms with Crippen LogP contribution in [0.3, 0.4) is 0 Å². The first-order valence-corrected chi connectivity index (χ1v) is 8.32. The van der Waals surface area contributed by atoms with Crippen molar-refractivity contribution in [2.24, 2.45) is 0 Å². The van der Waals surface area contributed by atoms with Crippen LogP contribution < -0.4 is 0 Å². The fourth-order valence-corrected chi connectivity index (χ4v) is 2.52. The molecule has 4 nitrogen and oxygen atoms in total. The Morgan fingerprint density at radius 1 is 1.16 bits per heavy atom. The van der Waals surface area contributed by atoms with Gasteiger partial charge < -0.3 is 9.64 Å². The summed E-state index contributed by atoms with van der Waals surface area (Å²) in [4.78, 5) is 25.9. The molecule has 2 rings (SSSR count). The van der Waals surface area contributed by atoms with Crippen molar-refractivity contribution in [3.8, 4) is 0 Å². The normalized spacial score (nSPS) is 10.4. The first kappa shape index (κ1) is 18.9. The fourth-order valence-electron chi connectivity index (χ4n) is 2.33. The topological polar surface area (TPSA) is 46.6 Å². The second kappa shape index (κ2) is 9.18. The highest BCUT2D eigenvalue weighted by Crippen LogP contribution is 2.15. The molecule has 0 saturated carbocycles. The monoisotopic (exact) mass is 363 g/mol. The molecule has 0 spiro atoms. The molecule has 132 valence electrons. The summed E-state index contributed by atoms with van der Waals surface area (Å²) in [6.45, 7) is 2.47.